The standard InChI is InChI=1S/C13H11ClN2O2/c1-7-9(4-5-18-7)12(14)8-2-3-10-11(6-8)16-13(17)15-10/h2-6,12H,1H3,(H2,15,16,17). The summed E-state index contributed by atoms with van der Waals surface area (Å²) < 4.78 is 5.25. The number of hydrogen-bond donors (Lipinski definition) is 2. The number of fused-ring (bicyclic) bond motifs is 1. The molecule has 3 aromatic rings. The van der Waals surface area contributed by atoms with Crippen LogP contribution in [-0.4, -0.2) is 9.97 Å². The number of hydrogen-bond acceptors (Lipinski definition) is 2. The molecule has 0 saturated carbocycles. The smallest absolute Gasteiger partial charge is 0.323 e. The zero-order chi connectivity index (χ0) is 12.7. The second kappa shape index (κ2) is 4.07. The van der Waals surface area contributed by atoms with Crippen molar-refractivity contribution in [3.63, 3.8) is 0 Å². The number of benzene rings is 1. The second-order valence-electron chi connectivity index (χ2n) is 4.18. The van der Waals surface area contributed by atoms with Gasteiger partial charge in [-0.25, -0.2) is 4.79 Å². The number of aromatic nitrogens is 2. The Labute approximate surface area is 108 Å². The van der Waals surface area contributed by atoms with Gasteiger partial charge in [-0.15, -0.1) is 11.6 Å². The molecule has 0 spiro atoms. The molecule has 2 aromatic heterocycles. The van der Waals surface area contributed by atoms with Crippen LogP contribution >= 0.6 is 11.6 Å². The average molecular weight is 263 g/mol. The molecule has 0 saturated heterocycles. The molecule has 1 unspecified atom stereocenters. The van der Waals surface area contributed by atoms with Crippen LogP contribution in [0.25, 0.3) is 11.0 Å². The van der Waals surface area contributed by atoms with Gasteiger partial charge in [-0.1, -0.05) is 6.07 Å². The summed E-state index contributed by atoms with van der Waals surface area (Å²) in [5.41, 5.74) is 3.17. The molecule has 18 heavy (non-hydrogen) atoms. The fraction of sp³-hybridized carbons (Fsp3) is 0.154. The predicted octanol–water partition coefficient (Wildman–Crippen LogP) is 3.09. The number of imidazole rings is 1. The first-order valence-corrected chi connectivity index (χ1v) is 5.99. The van der Waals surface area contributed by atoms with E-state index in [9.17, 15) is 4.79 Å². The first-order chi connectivity index (χ1) is 8.65. The Kier molecular flexibility index (Phi) is 2.52. The predicted molar refractivity (Wildman–Crippen MR) is 70.1 cm³/mol. The van der Waals surface area contributed by atoms with Crippen molar-refractivity contribution >= 4 is 22.6 Å². The van der Waals surface area contributed by atoms with Gasteiger partial charge in [0, 0.05) is 5.56 Å². The number of aromatic amines is 2. The van der Waals surface area contributed by atoms with Gasteiger partial charge in [0.15, 0.2) is 0 Å². The van der Waals surface area contributed by atoms with Gasteiger partial charge < -0.3 is 14.4 Å². The van der Waals surface area contributed by atoms with E-state index in [0.29, 0.717) is 0 Å². The van der Waals surface area contributed by atoms with E-state index in [1.54, 1.807) is 6.26 Å². The maximum Gasteiger partial charge on any atom is 0.323 e. The molecule has 92 valence electrons. The molecule has 0 aliphatic carbocycles. The molecule has 1 atom stereocenters. The molecule has 1 aromatic carbocycles. The van der Waals surface area contributed by atoms with Crippen molar-refractivity contribution in [2.45, 2.75) is 12.3 Å². The van der Waals surface area contributed by atoms with Crippen molar-refractivity contribution in [2.75, 3.05) is 0 Å². The van der Waals surface area contributed by atoms with Gasteiger partial charge in [0.2, 0.25) is 0 Å². The molecule has 4 nitrogen and oxygen atoms in total. The minimum absolute atomic E-state index is 0.215. The van der Waals surface area contributed by atoms with E-state index in [2.05, 4.69) is 9.97 Å². The first kappa shape index (κ1) is 11.2. The van der Waals surface area contributed by atoms with Gasteiger partial charge in [-0.05, 0) is 30.7 Å². The molecule has 2 N–H and O–H groups in total. The molecular weight excluding hydrogens is 252 g/mol. The van der Waals surface area contributed by atoms with Crippen molar-refractivity contribution in [2.24, 2.45) is 0 Å². The maximum atomic E-state index is 11.2. The van der Waals surface area contributed by atoms with Crippen molar-refractivity contribution in [3.05, 3.63) is 57.9 Å². The molecule has 0 fully saturated rings. The highest BCUT2D eigenvalue weighted by molar-refractivity contribution is 6.22. The van der Waals surface area contributed by atoms with E-state index < -0.39 is 0 Å². The zero-order valence-corrected chi connectivity index (χ0v) is 10.4. The summed E-state index contributed by atoms with van der Waals surface area (Å²) in [6, 6.07) is 7.47. The third kappa shape index (κ3) is 1.75. The SMILES string of the molecule is Cc1occc1C(Cl)c1ccc2[nH]c(=O)[nH]c2c1. The number of rotatable bonds is 2. The van der Waals surface area contributed by atoms with Crippen LogP contribution in [0.5, 0.6) is 0 Å². The van der Waals surface area contributed by atoms with Crippen molar-refractivity contribution in [1.82, 2.24) is 9.97 Å². The monoisotopic (exact) mass is 262 g/mol. The quantitative estimate of drug-likeness (QED) is 0.697. The third-order valence-electron chi connectivity index (χ3n) is 3.00. The van der Waals surface area contributed by atoms with Crippen molar-refractivity contribution < 1.29 is 4.42 Å². The normalized spacial score (nSPS) is 13.0. The molecule has 0 radical (unpaired) electrons. The fourth-order valence-corrected chi connectivity index (χ4v) is 2.41. The van der Waals surface area contributed by atoms with Crippen LogP contribution < -0.4 is 5.69 Å². The van der Waals surface area contributed by atoms with Crippen LogP contribution in [0.15, 0.2) is 39.7 Å². The summed E-state index contributed by atoms with van der Waals surface area (Å²) in [6.45, 7) is 1.88. The van der Waals surface area contributed by atoms with Gasteiger partial charge >= 0.3 is 5.69 Å². The topological polar surface area (TPSA) is 61.8 Å². The van der Waals surface area contributed by atoms with E-state index in [0.717, 1.165) is 27.9 Å². The molecule has 0 bridgehead atoms. The Morgan fingerprint density at radius 2 is 2.00 bits per heavy atom. The van der Waals surface area contributed by atoms with Crippen molar-refractivity contribution in [1.29, 1.82) is 0 Å². The Balaban J connectivity index is 2.09. The third-order valence-corrected chi connectivity index (χ3v) is 3.49. The second-order valence-corrected chi connectivity index (χ2v) is 4.62. The van der Waals surface area contributed by atoms with Crippen molar-refractivity contribution in [3.8, 4) is 0 Å². The van der Waals surface area contributed by atoms with Gasteiger partial charge in [0.05, 0.1) is 22.7 Å². The summed E-state index contributed by atoms with van der Waals surface area (Å²) in [7, 11) is 0. The molecule has 5 heteroatoms. The zero-order valence-electron chi connectivity index (χ0n) is 9.66. The Morgan fingerprint density at radius 1 is 1.22 bits per heavy atom. The van der Waals surface area contributed by atoms with Crippen LogP contribution in [0.3, 0.4) is 0 Å². The Morgan fingerprint density at radius 3 is 2.72 bits per heavy atom. The van der Waals surface area contributed by atoms with Crippen LogP contribution in [-0.2, 0) is 0 Å². The lowest BCUT2D eigenvalue weighted by Crippen LogP contribution is -1.99. The highest BCUT2D eigenvalue weighted by Gasteiger charge is 2.15. The van der Waals surface area contributed by atoms with Gasteiger partial charge in [-0.2, -0.15) is 0 Å². The fourth-order valence-electron chi connectivity index (χ4n) is 2.05. The molecule has 2 heterocycles. The number of H-pyrrole nitrogens is 2. The minimum atomic E-state index is -0.286. The van der Waals surface area contributed by atoms with Gasteiger partial charge in [0.1, 0.15) is 5.76 Å². The summed E-state index contributed by atoms with van der Waals surface area (Å²) in [5, 5.41) is -0.286. The molecular formula is C13H11ClN2O2. The van der Waals surface area contributed by atoms with Crippen LogP contribution in [0, 0.1) is 6.92 Å². The van der Waals surface area contributed by atoms with Crippen LogP contribution in [0.2, 0.25) is 0 Å². The molecule has 3 rings (SSSR count). The van der Waals surface area contributed by atoms with Crippen LogP contribution in [0.1, 0.15) is 22.3 Å². The summed E-state index contributed by atoms with van der Waals surface area (Å²) in [4.78, 5) is 16.6. The molecule has 0 aliphatic rings. The summed E-state index contributed by atoms with van der Waals surface area (Å²) >= 11 is 6.42. The molecule has 0 aliphatic heterocycles. The van der Waals surface area contributed by atoms with E-state index in [-0.39, 0.29) is 11.1 Å². The number of nitrogens with one attached hydrogen (secondary N) is 2. The highest BCUT2D eigenvalue weighted by Crippen LogP contribution is 2.32. The lowest BCUT2D eigenvalue weighted by Gasteiger charge is -2.08. The Bertz CT molecular complexity index is 754. The van der Waals surface area contributed by atoms with Gasteiger partial charge in [0.25, 0.3) is 0 Å². The van der Waals surface area contributed by atoms with E-state index >= 15 is 0 Å². The number of aryl methyl sites for hydroxylation is 1. The Hall–Kier alpha value is -1.94. The van der Waals surface area contributed by atoms with E-state index in [1.165, 1.54) is 0 Å². The average Bonchev–Trinajstić information content (AvgIpc) is 2.91. The van der Waals surface area contributed by atoms with Crippen LogP contribution in [0.4, 0.5) is 0 Å². The van der Waals surface area contributed by atoms with E-state index in [4.69, 9.17) is 16.0 Å². The maximum absolute atomic E-state index is 11.2. The minimum Gasteiger partial charge on any atom is -0.469 e. The lowest BCUT2D eigenvalue weighted by molar-refractivity contribution is 0.530. The van der Waals surface area contributed by atoms with E-state index in [1.807, 2.05) is 31.2 Å². The first-order valence-electron chi connectivity index (χ1n) is 5.55. The number of halogens is 1. The largest absolute Gasteiger partial charge is 0.469 e. The number of furan rings is 1. The highest BCUT2D eigenvalue weighted by atomic mass is 35.5. The summed E-state index contributed by atoms with van der Waals surface area (Å²) in [5.74, 6) is 0.803. The lowest BCUT2D eigenvalue weighted by atomic mass is 10.0. The summed E-state index contributed by atoms with van der Waals surface area (Å²) in [6.07, 6.45) is 1.62. The molecule has 0 amide bonds. The number of alkyl halides is 1. The van der Waals surface area contributed by atoms with Gasteiger partial charge in [-0.3, -0.25) is 0 Å².